The van der Waals surface area contributed by atoms with Crippen molar-refractivity contribution >= 4 is 11.3 Å². The highest BCUT2D eigenvalue weighted by Gasteiger charge is 2.13. The third-order valence-corrected chi connectivity index (χ3v) is 4.03. The number of rotatable bonds is 5. The number of methoxy groups -OCH3 is 1. The number of hydrogen-bond acceptors (Lipinski definition) is 4. The summed E-state index contributed by atoms with van der Waals surface area (Å²) in [5, 5.41) is 3.97. The van der Waals surface area contributed by atoms with Crippen LogP contribution in [-0.2, 0) is 6.54 Å². The minimum absolute atomic E-state index is 0.303. The van der Waals surface area contributed by atoms with E-state index in [1.165, 1.54) is 24.5 Å². The van der Waals surface area contributed by atoms with E-state index in [9.17, 15) is 4.39 Å². The monoisotopic (exact) mass is 280 g/mol. The Morgan fingerprint density at radius 3 is 2.84 bits per heavy atom. The molecule has 2 rings (SSSR count). The number of nitrogens with zero attached hydrogens (tertiary/aromatic N) is 1. The molecule has 102 valence electrons. The number of aromatic nitrogens is 1. The van der Waals surface area contributed by atoms with E-state index < -0.39 is 0 Å². The normalized spacial score (nSPS) is 10.7. The zero-order valence-corrected chi connectivity index (χ0v) is 12.1. The van der Waals surface area contributed by atoms with Gasteiger partial charge in [-0.1, -0.05) is 6.92 Å². The number of aryl methyl sites for hydroxylation is 1. The zero-order chi connectivity index (χ0) is 13.8. The molecule has 0 aliphatic heterocycles. The molecule has 1 aromatic carbocycles. The first-order valence-electron chi connectivity index (χ1n) is 6.16. The van der Waals surface area contributed by atoms with Crippen molar-refractivity contribution in [1.82, 2.24) is 10.3 Å². The molecule has 1 aromatic heterocycles. The van der Waals surface area contributed by atoms with Gasteiger partial charge >= 0.3 is 0 Å². The molecule has 0 saturated heterocycles. The van der Waals surface area contributed by atoms with Gasteiger partial charge in [0.05, 0.1) is 12.8 Å². The van der Waals surface area contributed by atoms with Crippen LogP contribution in [0.25, 0.3) is 10.6 Å². The largest absolute Gasteiger partial charge is 0.497 e. The van der Waals surface area contributed by atoms with Crippen molar-refractivity contribution in [2.75, 3.05) is 13.7 Å². The van der Waals surface area contributed by atoms with Gasteiger partial charge in [-0.05, 0) is 25.6 Å². The van der Waals surface area contributed by atoms with Crippen LogP contribution < -0.4 is 10.1 Å². The van der Waals surface area contributed by atoms with E-state index in [4.69, 9.17) is 4.74 Å². The summed E-state index contributed by atoms with van der Waals surface area (Å²) in [6.07, 6.45) is 0. The highest BCUT2D eigenvalue weighted by Crippen LogP contribution is 2.31. The van der Waals surface area contributed by atoms with Gasteiger partial charge in [-0.25, -0.2) is 9.37 Å². The van der Waals surface area contributed by atoms with Crippen molar-refractivity contribution in [2.45, 2.75) is 20.4 Å². The van der Waals surface area contributed by atoms with Crippen molar-refractivity contribution in [3.05, 3.63) is 34.6 Å². The number of thiazole rings is 1. The Labute approximate surface area is 116 Å². The van der Waals surface area contributed by atoms with Crippen LogP contribution in [-0.4, -0.2) is 18.6 Å². The molecule has 0 spiro atoms. The second-order valence-electron chi connectivity index (χ2n) is 4.15. The standard InChI is InChI=1S/C14H17FN2OS/c1-4-16-8-13-9(2)17-14(19-13)11-6-5-10(18-3)7-12(11)15/h5-7,16H,4,8H2,1-3H3. The molecule has 0 unspecified atom stereocenters. The molecule has 19 heavy (non-hydrogen) atoms. The molecule has 0 atom stereocenters. The van der Waals surface area contributed by atoms with E-state index in [0.29, 0.717) is 16.3 Å². The first-order valence-corrected chi connectivity index (χ1v) is 6.98. The fraction of sp³-hybridized carbons (Fsp3) is 0.357. The van der Waals surface area contributed by atoms with Crippen LogP contribution in [0.1, 0.15) is 17.5 Å². The molecule has 0 aliphatic rings. The van der Waals surface area contributed by atoms with Crippen molar-refractivity contribution in [3.8, 4) is 16.3 Å². The number of halogens is 1. The predicted molar refractivity (Wildman–Crippen MR) is 76.2 cm³/mol. The molecular formula is C14H17FN2OS. The fourth-order valence-electron chi connectivity index (χ4n) is 1.74. The van der Waals surface area contributed by atoms with Gasteiger partial charge in [0.2, 0.25) is 0 Å². The Hall–Kier alpha value is -1.46. The molecule has 1 heterocycles. The Balaban J connectivity index is 2.31. The summed E-state index contributed by atoms with van der Waals surface area (Å²) in [4.78, 5) is 5.59. The van der Waals surface area contributed by atoms with Crippen LogP contribution >= 0.6 is 11.3 Å². The van der Waals surface area contributed by atoms with Crippen LogP contribution in [0.5, 0.6) is 5.75 Å². The second-order valence-corrected chi connectivity index (χ2v) is 5.24. The molecule has 0 fully saturated rings. The number of hydrogen-bond donors (Lipinski definition) is 1. The summed E-state index contributed by atoms with van der Waals surface area (Å²) in [6.45, 7) is 5.69. The number of nitrogens with one attached hydrogen (secondary N) is 1. The van der Waals surface area contributed by atoms with Crippen molar-refractivity contribution in [2.24, 2.45) is 0 Å². The first-order chi connectivity index (χ1) is 9.15. The average molecular weight is 280 g/mol. The van der Waals surface area contributed by atoms with Crippen LogP contribution in [0.15, 0.2) is 18.2 Å². The van der Waals surface area contributed by atoms with Gasteiger partial charge in [-0.15, -0.1) is 11.3 Å². The molecule has 1 N–H and O–H groups in total. The Morgan fingerprint density at radius 1 is 1.42 bits per heavy atom. The molecule has 0 saturated carbocycles. The maximum absolute atomic E-state index is 14.0. The molecule has 0 bridgehead atoms. The molecule has 2 aromatic rings. The molecule has 0 amide bonds. The van der Waals surface area contributed by atoms with E-state index in [2.05, 4.69) is 17.2 Å². The molecule has 3 nitrogen and oxygen atoms in total. The van der Waals surface area contributed by atoms with Gasteiger partial charge in [0.25, 0.3) is 0 Å². The Morgan fingerprint density at radius 2 is 2.21 bits per heavy atom. The zero-order valence-electron chi connectivity index (χ0n) is 11.3. The van der Waals surface area contributed by atoms with Gasteiger partial charge in [0.1, 0.15) is 16.6 Å². The predicted octanol–water partition coefficient (Wildman–Crippen LogP) is 3.38. The second kappa shape index (κ2) is 6.12. The minimum Gasteiger partial charge on any atom is -0.497 e. The van der Waals surface area contributed by atoms with Gasteiger partial charge in [-0.3, -0.25) is 0 Å². The van der Waals surface area contributed by atoms with E-state index >= 15 is 0 Å². The summed E-state index contributed by atoms with van der Waals surface area (Å²) in [5.74, 6) is 0.213. The lowest BCUT2D eigenvalue weighted by Gasteiger charge is -2.02. The average Bonchev–Trinajstić information content (AvgIpc) is 2.77. The summed E-state index contributed by atoms with van der Waals surface area (Å²) < 4.78 is 19.0. The fourth-order valence-corrected chi connectivity index (χ4v) is 2.80. The molecular weight excluding hydrogens is 263 g/mol. The van der Waals surface area contributed by atoms with Gasteiger partial charge < -0.3 is 10.1 Å². The van der Waals surface area contributed by atoms with Crippen molar-refractivity contribution < 1.29 is 9.13 Å². The van der Waals surface area contributed by atoms with Gasteiger partial charge in [0, 0.05) is 23.1 Å². The van der Waals surface area contributed by atoms with Crippen LogP contribution in [0.4, 0.5) is 4.39 Å². The third-order valence-electron chi connectivity index (χ3n) is 2.83. The summed E-state index contributed by atoms with van der Waals surface area (Å²) >= 11 is 1.53. The lowest BCUT2D eigenvalue weighted by Crippen LogP contribution is -2.11. The molecule has 0 radical (unpaired) electrons. The SMILES string of the molecule is CCNCc1sc(-c2ccc(OC)cc2F)nc1C. The summed E-state index contributed by atoms with van der Waals surface area (Å²) in [5.41, 5.74) is 1.48. The Kier molecular flexibility index (Phi) is 4.50. The van der Waals surface area contributed by atoms with Gasteiger partial charge in [0.15, 0.2) is 0 Å². The number of ether oxygens (including phenoxy) is 1. The third kappa shape index (κ3) is 3.11. The van der Waals surface area contributed by atoms with Crippen molar-refractivity contribution in [3.63, 3.8) is 0 Å². The summed E-state index contributed by atoms with van der Waals surface area (Å²) in [6, 6.07) is 4.85. The summed E-state index contributed by atoms with van der Waals surface area (Å²) in [7, 11) is 1.52. The van der Waals surface area contributed by atoms with E-state index in [1.54, 1.807) is 12.1 Å². The van der Waals surface area contributed by atoms with E-state index in [1.807, 2.05) is 6.92 Å². The maximum Gasteiger partial charge on any atom is 0.137 e. The van der Waals surface area contributed by atoms with Gasteiger partial charge in [-0.2, -0.15) is 0 Å². The quantitative estimate of drug-likeness (QED) is 0.911. The van der Waals surface area contributed by atoms with Crippen LogP contribution in [0, 0.1) is 12.7 Å². The van der Waals surface area contributed by atoms with Crippen LogP contribution in [0.3, 0.4) is 0 Å². The smallest absolute Gasteiger partial charge is 0.137 e. The molecule has 0 aliphatic carbocycles. The molecule has 5 heteroatoms. The van der Waals surface area contributed by atoms with E-state index in [0.717, 1.165) is 23.7 Å². The first kappa shape index (κ1) is 14.0. The lowest BCUT2D eigenvalue weighted by atomic mass is 10.2. The minimum atomic E-state index is -0.303. The number of benzene rings is 1. The highest BCUT2D eigenvalue weighted by atomic mass is 32.1. The highest BCUT2D eigenvalue weighted by molar-refractivity contribution is 7.15. The van der Waals surface area contributed by atoms with E-state index in [-0.39, 0.29) is 5.82 Å². The Bertz CT molecular complexity index is 569. The van der Waals surface area contributed by atoms with Crippen molar-refractivity contribution in [1.29, 1.82) is 0 Å². The topological polar surface area (TPSA) is 34.1 Å². The van der Waals surface area contributed by atoms with Crippen LogP contribution in [0.2, 0.25) is 0 Å². The lowest BCUT2D eigenvalue weighted by molar-refractivity contribution is 0.411. The maximum atomic E-state index is 14.0.